The number of nitrogens with zero attached hydrogens (tertiary/aromatic N) is 2. The maximum absolute atomic E-state index is 12.5. The molecule has 3 atom stereocenters. The van der Waals surface area contributed by atoms with Gasteiger partial charge in [-0.1, -0.05) is 0 Å². The number of nitrogens with one attached hydrogen (secondary N) is 3. The molecule has 30 heavy (non-hydrogen) atoms. The summed E-state index contributed by atoms with van der Waals surface area (Å²) in [5.41, 5.74) is 11.5. The molecular weight excluding hydrogens is 398 g/mol. The van der Waals surface area contributed by atoms with Gasteiger partial charge in [0.25, 0.3) is 0 Å². The zero-order chi connectivity index (χ0) is 22.3. The second kappa shape index (κ2) is 10.3. The maximum Gasteiger partial charge on any atom is 0.326 e. The average Bonchev–Trinajstić information content (AvgIpc) is 3.36. The number of carbonyl (C=O) groups is 5. The number of aliphatic carboxylic acids is 1. The fourth-order valence-electron chi connectivity index (χ4n) is 3.13. The predicted octanol–water partition coefficient (Wildman–Crippen LogP) is -3.17. The van der Waals surface area contributed by atoms with Crippen LogP contribution in [0.2, 0.25) is 0 Å². The highest BCUT2D eigenvalue weighted by Crippen LogP contribution is 2.17. The van der Waals surface area contributed by atoms with Gasteiger partial charge in [0.1, 0.15) is 12.1 Å². The molecule has 0 saturated carbocycles. The van der Waals surface area contributed by atoms with Gasteiger partial charge in [-0.25, -0.2) is 9.78 Å². The lowest BCUT2D eigenvalue weighted by atomic mass is 10.1. The van der Waals surface area contributed by atoms with Crippen molar-refractivity contribution in [3.8, 4) is 0 Å². The number of aromatic amines is 1. The van der Waals surface area contributed by atoms with E-state index < -0.39 is 54.1 Å². The first-order valence-corrected chi connectivity index (χ1v) is 9.30. The average molecular weight is 423 g/mol. The molecule has 0 aromatic carbocycles. The summed E-state index contributed by atoms with van der Waals surface area (Å²) >= 11 is 0. The van der Waals surface area contributed by atoms with E-state index in [1.165, 1.54) is 17.4 Å². The van der Waals surface area contributed by atoms with Gasteiger partial charge in [0.05, 0.1) is 25.3 Å². The van der Waals surface area contributed by atoms with Crippen LogP contribution in [0.25, 0.3) is 0 Å². The number of hydrogen-bond donors (Lipinski definition) is 6. The third kappa shape index (κ3) is 6.27. The molecule has 0 radical (unpaired) electrons. The Bertz CT molecular complexity index is 797. The monoisotopic (exact) mass is 423 g/mol. The lowest BCUT2D eigenvalue weighted by Crippen LogP contribution is -2.53. The summed E-state index contributed by atoms with van der Waals surface area (Å²) in [6.45, 7) is -0.0799. The zero-order valence-electron chi connectivity index (χ0n) is 16.2. The fraction of sp³-hybridized carbons (Fsp3) is 0.529. The van der Waals surface area contributed by atoms with Gasteiger partial charge >= 0.3 is 5.97 Å². The number of H-pyrrole nitrogens is 1. The highest BCUT2D eigenvalue weighted by atomic mass is 16.4. The van der Waals surface area contributed by atoms with Gasteiger partial charge in [-0.2, -0.15) is 0 Å². The Balaban J connectivity index is 1.88. The molecule has 13 heteroatoms. The van der Waals surface area contributed by atoms with Gasteiger partial charge in [-0.3, -0.25) is 19.2 Å². The molecule has 164 valence electrons. The van der Waals surface area contributed by atoms with Crippen molar-refractivity contribution in [2.24, 2.45) is 11.5 Å². The standard InChI is InChI=1S/C17H25N7O6/c18-10(4-9-6-20-8-22-9)15(27)21-7-14(26)24-3-1-2-12(24)16(28)23-11(17(29)30)5-13(19)25/h6,8,10-12H,1-5,7,18H2,(H2,19,25)(H,20,22)(H,21,27)(H,23,28)(H,29,30)/t10-,11-,12-/m0/s1. The van der Waals surface area contributed by atoms with E-state index in [9.17, 15) is 24.0 Å². The molecule has 0 unspecified atom stereocenters. The van der Waals surface area contributed by atoms with Gasteiger partial charge in [-0.15, -0.1) is 0 Å². The van der Waals surface area contributed by atoms with Crippen LogP contribution in [0.4, 0.5) is 0 Å². The largest absolute Gasteiger partial charge is 0.480 e. The van der Waals surface area contributed by atoms with Crippen molar-refractivity contribution < 1.29 is 29.1 Å². The first-order chi connectivity index (χ1) is 14.2. The molecule has 8 N–H and O–H groups in total. The summed E-state index contributed by atoms with van der Waals surface area (Å²) in [4.78, 5) is 67.1. The van der Waals surface area contributed by atoms with Crippen molar-refractivity contribution >= 4 is 29.6 Å². The number of hydrogen-bond acceptors (Lipinski definition) is 7. The van der Waals surface area contributed by atoms with Crippen LogP contribution in [0.3, 0.4) is 0 Å². The number of carboxylic acids is 1. The van der Waals surface area contributed by atoms with E-state index >= 15 is 0 Å². The van der Waals surface area contributed by atoms with E-state index in [0.29, 0.717) is 18.5 Å². The number of rotatable bonds is 10. The number of amides is 4. The molecule has 1 saturated heterocycles. The molecule has 0 bridgehead atoms. The van der Waals surface area contributed by atoms with Crippen molar-refractivity contribution in [2.75, 3.05) is 13.1 Å². The summed E-state index contributed by atoms with van der Waals surface area (Å²) in [7, 11) is 0. The van der Waals surface area contributed by atoms with E-state index in [1.54, 1.807) is 0 Å². The molecule has 0 aliphatic carbocycles. The van der Waals surface area contributed by atoms with Gasteiger partial charge in [0, 0.05) is 24.9 Å². The second-order valence-electron chi connectivity index (χ2n) is 6.92. The summed E-state index contributed by atoms with van der Waals surface area (Å²) < 4.78 is 0. The molecule has 1 aliphatic rings. The third-order valence-electron chi connectivity index (χ3n) is 4.64. The Morgan fingerprint density at radius 1 is 1.33 bits per heavy atom. The first kappa shape index (κ1) is 22.8. The van der Waals surface area contributed by atoms with Crippen molar-refractivity contribution in [3.63, 3.8) is 0 Å². The number of carbonyl (C=O) groups excluding carboxylic acids is 4. The Labute approximate surface area is 171 Å². The van der Waals surface area contributed by atoms with E-state index in [0.717, 1.165) is 0 Å². The topological polar surface area (TPSA) is 214 Å². The van der Waals surface area contributed by atoms with Crippen molar-refractivity contribution in [1.29, 1.82) is 0 Å². The molecular formula is C17H25N7O6. The predicted molar refractivity (Wildman–Crippen MR) is 101 cm³/mol. The van der Waals surface area contributed by atoms with Crippen LogP contribution in [0.5, 0.6) is 0 Å². The summed E-state index contributed by atoms with van der Waals surface area (Å²) in [6, 6.07) is -3.27. The minimum absolute atomic E-state index is 0.214. The van der Waals surface area contributed by atoms with Crippen LogP contribution in [0, 0.1) is 0 Å². The van der Waals surface area contributed by atoms with Crippen LogP contribution in [-0.4, -0.2) is 80.8 Å². The number of likely N-dealkylation sites (tertiary alicyclic amines) is 1. The molecule has 2 rings (SSSR count). The van der Waals surface area contributed by atoms with Crippen molar-refractivity contribution in [2.45, 2.75) is 43.8 Å². The number of aromatic nitrogens is 2. The quantitative estimate of drug-likeness (QED) is 0.225. The number of primary amides is 1. The van der Waals surface area contributed by atoms with E-state index in [2.05, 4.69) is 20.6 Å². The molecule has 0 spiro atoms. The summed E-state index contributed by atoms with van der Waals surface area (Å²) in [5, 5.41) is 13.8. The maximum atomic E-state index is 12.5. The second-order valence-corrected chi connectivity index (χ2v) is 6.92. The van der Waals surface area contributed by atoms with Gasteiger partial charge in [0.15, 0.2) is 0 Å². The fourth-order valence-corrected chi connectivity index (χ4v) is 3.13. The van der Waals surface area contributed by atoms with Crippen LogP contribution >= 0.6 is 0 Å². The Kier molecular flexibility index (Phi) is 7.86. The van der Waals surface area contributed by atoms with E-state index in [4.69, 9.17) is 16.6 Å². The summed E-state index contributed by atoms with van der Waals surface area (Å²) in [6.07, 6.45) is 3.50. The van der Waals surface area contributed by atoms with E-state index in [1.807, 2.05) is 0 Å². The molecule has 13 nitrogen and oxygen atoms in total. The van der Waals surface area contributed by atoms with Crippen LogP contribution < -0.4 is 22.1 Å². The Morgan fingerprint density at radius 2 is 2.07 bits per heavy atom. The highest BCUT2D eigenvalue weighted by Gasteiger charge is 2.36. The SMILES string of the molecule is NC(=O)C[C@H](NC(=O)[C@@H]1CCCN1C(=O)CNC(=O)[C@@H](N)Cc1cnc[nH]1)C(=O)O. The van der Waals surface area contributed by atoms with E-state index in [-0.39, 0.29) is 19.5 Å². The highest BCUT2D eigenvalue weighted by molar-refractivity contribution is 5.94. The minimum atomic E-state index is -1.48. The molecule has 4 amide bonds. The van der Waals surface area contributed by atoms with Crippen LogP contribution in [0.1, 0.15) is 25.0 Å². The molecule has 1 aromatic rings. The molecule has 1 aromatic heterocycles. The minimum Gasteiger partial charge on any atom is -0.480 e. The Morgan fingerprint density at radius 3 is 2.67 bits per heavy atom. The summed E-state index contributed by atoms with van der Waals surface area (Å²) in [5.74, 6) is -4.02. The Hall–Kier alpha value is -3.48. The third-order valence-corrected chi connectivity index (χ3v) is 4.64. The number of nitrogens with two attached hydrogens (primary N) is 2. The number of imidazole rings is 1. The lowest BCUT2D eigenvalue weighted by molar-refractivity contribution is -0.145. The van der Waals surface area contributed by atoms with Crippen LogP contribution in [0.15, 0.2) is 12.5 Å². The van der Waals surface area contributed by atoms with Crippen molar-refractivity contribution in [1.82, 2.24) is 25.5 Å². The normalized spacial score (nSPS) is 17.8. The van der Waals surface area contributed by atoms with Gasteiger partial charge in [-0.05, 0) is 12.8 Å². The van der Waals surface area contributed by atoms with Crippen molar-refractivity contribution in [3.05, 3.63) is 18.2 Å². The smallest absolute Gasteiger partial charge is 0.326 e. The molecule has 2 heterocycles. The molecule has 1 fully saturated rings. The van der Waals surface area contributed by atoms with Gasteiger partial charge < -0.3 is 37.1 Å². The number of carboxylic acid groups (broad SMARTS) is 1. The first-order valence-electron chi connectivity index (χ1n) is 9.30. The molecule has 1 aliphatic heterocycles. The lowest BCUT2D eigenvalue weighted by Gasteiger charge is -2.25. The van der Waals surface area contributed by atoms with Gasteiger partial charge in [0.2, 0.25) is 23.6 Å². The van der Waals surface area contributed by atoms with Crippen LogP contribution in [-0.2, 0) is 30.4 Å². The zero-order valence-corrected chi connectivity index (χ0v) is 16.2.